The van der Waals surface area contributed by atoms with Gasteiger partial charge in [0.15, 0.2) is 12.5 Å². The van der Waals surface area contributed by atoms with Crippen molar-refractivity contribution >= 4 is 23.3 Å². The van der Waals surface area contributed by atoms with Crippen molar-refractivity contribution in [3.05, 3.63) is 84.0 Å². The second kappa shape index (κ2) is 8.00. The molecule has 0 saturated carbocycles. The number of rotatable bonds is 7. The Bertz CT molecular complexity index is 839. The molecule has 0 aromatic heterocycles. The van der Waals surface area contributed by atoms with E-state index in [4.69, 9.17) is 9.47 Å². The van der Waals surface area contributed by atoms with Crippen LogP contribution in [0.1, 0.15) is 11.1 Å². The molecule has 0 amide bonds. The lowest BCUT2D eigenvalue weighted by molar-refractivity contribution is -0.138. The van der Waals surface area contributed by atoms with Crippen molar-refractivity contribution in [2.24, 2.45) is 0 Å². The van der Waals surface area contributed by atoms with Crippen LogP contribution in [-0.4, -0.2) is 24.4 Å². The van der Waals surface area contributed by atoms with Gasteiger partial charge in [0.05, 0.1) is 0 Å². The smallest absolute Gasteiger partial charge is 0.332 e. The van der Waals surface area contributed by atoms with Crippen molar-refractivity contribution in [2.45, 2.75) is 25.3 Å². The number of nitrogens with one attached hydrogen (secondary N) is 2. The Hall–Kier alpha value is -3.54. The van der Waals surface area contributed by atoms with Crippen molar-refractivity contribution in [1.82, 2.24) is 0 Å². The first kappa shape index (κ1) is 17.9. The molecule has 6 nitrogen and oxygen atoms in total. The molecule has 2 aliphatic heterocycles. The van der Waals surface area contributed by atoms with Crippen molar-refractivity contribution in [3.63, 3.8) is 0 Å². The summed E-state index contributed by atoms with van der Waals surface area (Å²) >= 11 is 0. The van der Waals surface area contributed by atoms with E-state index in [9.17, 15) is 9.59 Å². The molecule has 142 valence electrons. The number of benzene rings is 2. The van der Waals surface area contributed by atoms with Gasteiger partial charge in [-0.15, -0.1) is 0 Å². The summed E-state index contributed by atoms with van der Waals surface area (Å²) in [6, 6.07) is 16.2. The van der Waals surface area contributed by atoms with E-state index in [1.165, 1.54) is 23.3 Å². The van der Waals surface area contributed by atoms with Crippen molar-refractivity contribution in [1.29, 1.82) is 0 Å². The summed E-state index contributed by atoms with van der Waals surface area (Å²) in [4.78, 5) is 22.1. The minimum absolute atomic E-state index is 0.323. The summed E-state index contributed by atoms with van der Waals surface area (Å²) < 4.78 is 10.1. The molecule has 28 heavy (non-hydrogen) atoms. The van der Waals surface area contributed by atoms with Crippen molar-refractivity contribution in [3.8, 4) is 0 Å². The predicted molar refractivity (Wildman–Crippen MR) is 106 cm³/mol. The summed E-state index contributed by atoms with van der Waals surface area (Å²) in [5.41, 5.74) is 4.28. The molecular formula is C22H20N2O4. The van der Waals surface area contributed by atoms with Crippen LogP contribution in [0.15, 0.2) is 72.8 Å². The topological polar surface area (TPSA) is 76.7 Å². The zero-order valence-corrected chi connectivity index (χ0v) is 15.1. The first-order valence-electron chi connectivity index (χ1n) is 9.13. The van der Waals surface area contributed by atoms with Gasteiger partial charge in [0.1, 0.15) is 0 Å². The molecule has 0 spiro atoms. The fourth-order valence-electron chi connectivity index (χ4n) is 3.05. The maximum atomic E-state index is 11.1. The SMILES string of the molecule is O=C1C=CC(Nc2ccc(CCc3ccc(NC4C=CC(=O)O4)cc3)cc2)O1. The lowest BCUT2D eigenvalue weighted by Gasteiger charge is -2.13. The van der Waals surface area contributed by atoms with Crippen molar-refractivity contribution < 1.29 is 19.1 Å². The van der Waals surface area contributed by atoms with Gasteiger partial charge in [-0.05, 0) is 60.4 Å². The van der Waals surface area contributed by atoms with Gasteiger partial charge in [-0.1, -0.05) is 24.3 Å². The molecular weight excluding hydrogens is 356 g/mol. The fourth-order valence-corrected chi connectivity index (χ4v) is 3.05. The van der Waals surface area contributed by atoms with Gasteiger partial charge in [0, 0.05) is 23.5 Å². The lowest BCUT2D eigenvalue weighted by atomic mass is 10.0. The molecule has 2 heterocycles. The Labute approximate surface area is 162 Å². The molecule has 0 radical (unpaired) electrons. The van der Waals surface area contributed by atoms with Gasteiger partial charge in [-0.2, -0.15) is 0 Å². The summed E-state index contributed by atoms with van der Waals surface area (Å²) in [7, 11) is 0. The quantitative estimate of drug-likeness (QED) is 0.723. The maximum absolute atomic E-state index is 11.1. The molecule has 0 saturated heterocycles. The Kier molecular flexibility index (Phi) is 5.10. The standard InChI is InChI=1S/C22H20N2O4/c25-21-13-11-19(27-21)23-17-7-3-15(4-8-17)1-2-16-5-9-18(10-6-16)24-20-12-14-22(26)28-20/h3-14,19-20,23-24H,1-2H2. The average molecular weight is 376 g/mol. The highest BCUT2D eigenvalue weighted by Gasteiger charge is 2.16. The summed E-state index contributed by atoms with van der Waals surface area (Å²) in [6.45, 7) is 0. The molecule has 2 aromatic rings. The van der Waals surface area contributed by atoms with E-state index in [2.05, 4.69) is 34.9 Å². The van der Waals surface area contributed by atoms with Crippen LogP contribution in [0.5, 0.6) is 0 Å². The largest absolute Gasteiger partial charge is 0.435 e. The first-order chi connectivity index (χ1) is 13.6. The van der Waals surface area contributed by atoms with Gasteiger partial charge in [0.2, 0.25) is 0 Å². The Morgan fingerprint density at radius 1 is 0.643 bits per heavy atom. The molecule has 0 aliphatic carbocycles. The Balaban J connectivity index is 1.26. The van der Waals surface area contributed by atoms with E-state index >= 15 is 0 Å². The maximum Gasteiger partial charge on any atom is 0.332 e. The summed E-state index contributed by atoms with van der Waals surface area (Å²) in [6.07, 6.45) is 7.29. The number of hydrogen-bond acceptors (Lipinski definition) is 6. The third-order valence-corrected chi connectivity index (χ3v) is 4.53. The highest BCUT2D eigenvalue weighted by atomic mass is 16.6. The normalized spacial score (nSPS) is 20.1. The molecule has 2 aliphatic rings. The van der Waals surface area contributed by atoms with Crippen LogP contribution in [0.4, 0.5) is 11.4 Å². The molecule has 0 fully saturated rings. The monoisotopic (exact) mass is 376 g/mol. The minimum atomic E-state index is -0.395. The number of aryl methyl sites for hydroxylation is 2. The van der Waals surface area contributed by atoms with Crippen LogP contribution in [0.2, 0.25) is 0 Å². The van der Waals surface area contributed by atoms with E-state index < -0.39 is 12.5 Å². The van der Waals surface area contributed by atoms with Crippen LogP contribution in [0.3, 0.4) is 0 Å². The number of hydrogen-bond donors (Lipinski definition) is 2. The van der Waals surface area contributed by atoms with Gasteiger partial charge in [-0.25, -0.2) is 9.59 Å². The van der Waals surface area contributed by atoms with Crippen LogP contribution >= 0.6 is 0 Å². The number of carbonyl (C=O) groups excluding carboxylic acids is 2. The van der Waals surface area contributed by atoms with E-state index in [0.29, 0.717) is 0 Å². The molecule has 0 bridgehead atoms. The molecule has 2 unspecified atom stereocenters. The molecule has 2 aromatic carbocycles. The number of anilines is 2. The minimum Gasteiger partial charge on any atom is -0.435 e. The molecule has 6 heteroatoms. The van der Waals surface area contributed by atoms with Gasteiger partial charge in [-0.3, -0.25) is 0 Å². The van der Waals surface area contributed by atoms with Crippen LogP contribution in [-0.2, 0) is 31.9 Å². The Morgan fingerprint density at radius 3 is 1.36 bits per heavy atom. The third kappa shape index (κ3) is 4.59. The van der Waals surface area contributed by atoms with Crippen LogP contribution in [0.25, 0.3) is 0 Å². The highest BCUT2D eigenvalue weighted by Crippen LogP contribution is 2.17. The predicted octanol–water partition coefficient (Wildman–Crippen LogP) is 3.17. The number of esters is 2. The van der Waals surface area contributed by atoms with Crippen LogP contribution in [0, 0.1) is 0 Å². The molecule has 2 atom stereocenters. The second-order valence-electron chi connectivity index (χ2n) is 6.62. The molecule has 2 N–H and O–H groups in total. The number of ether oxygens (including phenoxy) is 2. The van der Waals surface area contributed by atoms with Gasteiger partial charge < -0.3 is 20.1 Å². The second-order valence-corrected chi connectivity index (χ2v) is 6.62. The van der Waals surface area contributed by atoms with E-state index in [0.717, 1.165) is 24.2 Å². The molecule has 4 rings (SSSR count). The fraction of sp³-hybridized carbons (Fsp3) is 0.182. The van der Waals surface area contributed by atoms with Crippen LogP contribution < -0.4 is 10.6 Å². The van der Waals surface area contributed by atoms with Crippen molar-refractivity contribution in [2.75, 3.05) is 10.6 Å². The lowest BCUT2D eigenvalue weighted by Crippen LogP contribution is -2.18. The van der Waals surface area contributed by atoms with E-state index in [1.807, 2.05) is 24.3 Å². The van der Waals surface area contributed by atoms with Gasteiger partial charge in [0.25, 0.3) is 0 Å². The Morgan fingerprint density at radius 2 is 1.04 bits per heavy atom. The summed E-state index contributed by atoms with van der Waals surface area (Å²) in [5, 5.41) is 6.28. The summed E-state index contributed by atoms with van der Waals surface area (Å²) in [5.74, 6) is -0.646. The van der Waals surface area contributed by atoms with Gasteiger partial charge >= 0.3 is 11.9 Å². The van der Waals surface area contributed by atoms with E-state index in [-0.39, 0.29) is 11.9 Å². The zero-order valence-electron chi connectivity index (χ0n) is 15.1. The number of cyclic esters (lactones) is 2. The van der Waals surface area contributed by atoms with E-state index in [1.54, 1.807) is 12.2 Å². The zero-order chi connectivity index (χ0) is 19.3. The average Bonchev–Trinajstić information content (AvgIpc) is 3.30. The highest BCUT2D eigenvalue weighted by molar-refractivity contribution is 5.85. The number of carbonyl (C=O) groups is 2. The third-order valence-electron chi connectivity index (χ3n) is 4.53. The first-order valence-corrected chi connectivity index (χ1v) is 9.13.